The van der Waals surface area contributed by atoms with Crippen molar-refractivity contribution in [1.29, 1.82) is 0 Å². The maximum atomic E-state index is 11.8. The molecular formula is C24H20Br2N4O3. The number of nitrogen functional groups attached to an aromatic ring is 1. The number of aromatic nitrogens is 2. The Bertz CT molecular complexity index is 1140. The Labute approximate surface area is 208 Å². The lowest BCUT2D eigenvalue weighted by Gasteiger charge is -2.03. The molecule has 0 aliphatic rings. The van der Waals surface area contributed by atoms with Crippen LogP contribution in [0.25, 0.3) is 0 Å². The summed E-state index contributed by atoms with van der Waals surface area (Å²) in [5, 5.41) is 11.2. The number of anilines is 2. The Morgan fingerprint density at radius 1 is 0.727 bits per heavy atom. The number of carboxylic acids is 1. The first-order valence-electron chi connectivity index (χ1n) is 9.48. The van der Waals surface area contributed by atoms with E-state index in [1.165, 1.54) is 0 Å². The molecule has 1 amide bonds. The van der Waals surface area contributed by atoms with Gasteiger partial charge in [-0.15, -0.1) is 0 Å². The third-order valence-corrected chi connectivity index (χ3v) is 4.85. The van der Waals surface area contributed by atoms with E-state index in [9.17, 15) is 9.59 Å². The Morgan fingerprint density at radius 3 is 1.64 bits per heavy atom. The van der Waals surface area contributed by atoms with Gasteiger partial charge in [-0.05, 0) is 72.8 Å². The molecule has 0 saturated heterocycles. The van der Waals surface area contributed by atoms with Crippen LogP contribution in [-0.4, -0.2) is 27.0 Å². The molecule has 4 N–H and O–H groups in total. The standard InChI is InChI=1S/C12H9BrN2O.C7H5BrO2.C5H6N2/c13-10-6-4-9(5-7-10)12(16)15-11-3-1-2-8-14-11;8-6-3-1-5(2-4-6)7(9)10;6-5-3-1-2-4-7-5/h1-8H,(H,14,15,16);1-4H,(H,9,10);1-4H,(H2,6,7). The fourth-order valence-corrected chi connectivity index (χ4v) is 2.72. The molecule has 9 heteroatoms. The number of nitrogens with one attached hydrogen (secondary N) is 1. The molecule has 0 saturated carbocycles. The van der Waals surface area contributed by atoms with Crippen LogP contribution < -0.4 is 11.1 Å². The molecule has 0 unspecified atom stereocenters. The van der Waals surface area contributed by atoms with Crippen molar-refractivity contribution < 1.29 is 14.7 Å². The Hall–Kier alpha value is -3.56. The molecule has 0 aliphatic carbocycles. The van der Waals surface area contributed by atoms with Crippen molar-refractivity contribution in [2.75, 3.05) is 11.1 Å². The molecular weight excluding hydrogens is 552 g/mol. The zero-order valence-electron chi connectivity index (χ0n) is 17.2. The fraction of sp³-hybridized carbons (Fsp3) is 0. The molecule has 4 rings (SSSR count). The Balaban J connectivity index is 0.000000193. The summed E-state index contributed by atoms with van der Waals surface area (Å²) in [6.07, 6.45) is 3.30. The Morgan fingerprint density at radius 2 is 1.24 bits per heavy atom. The highest BCUT2D eigenvalue weighted by molar-refractivity contribution is 9.10. The van der Waals surface area contributed by atoms with E-state index in [4.69, 9.17) is 10.8 Å². The average Bonchev–Trinajstić information content (AvgIpc) is 2.82. The monoisotopic (exact) mass is 570 g/mol. The van der Waals surface area contributed by atoms with E-state index in [0.29, 0.717) is 22.8 Å². The number of nitrogens with zero attached hydrogens (tertiary/aromatic N) is 2. The first-order valence-corrected chi connectivity index (χ1v) is 11.1. The number of carboxylic acid groups (broad SMARTS) is 1. The molecule has 168 valence electrons. The van der Waals surface area contributed by atoms with E-state index < -0.39 is 5.97 Å². The van der Waals surface area contributed by atoms with Gasteiger partial charge in [-0.1, -0.05) is 44.0 Å². The third kappa shape index (κ3) is 10.1. The van der Waals surface area contributed by atoms with E-state index in [1.807, 2.05) is 30.3 Å². The molecule has 4 aromatic rings. The maximum absolute atomic E-state index is 11.8. The number of hydrogen-bond donors (Lipinski definition) is 3. The second kappa shape index (κ2) is 13.8. The van der Waals surface area contributed by atoms with Gasteiger partial charge in [0.25, 0.3) is 5.91 Å². The molecule has 2 aromatic heterocycles. The SMILES string of the molecule is Nc1ccccn1.O=C(Nc1ccccn1)c1ccc(Br)cc1.O=C(O)c1ccc(Br)cc1. The first kappa shape index (κ1) is 25.7. The van der Waals surface area contributed by atoms with Crippen LogP contribution in [0.5, 0.6) is 0 Å². The number of pyridine rings is 2. The van der Waals surface area contributed by atoms with Gasteiger partial charge in [0, 0.05) is 26.9 Å². The number of rotatable bonds is 3. The molecule has 7 nitrogen and oxygen atoms in total. The number of benzene rings is 2. The number of carbonyl (C=O) groups is 2. The number of amides is 1. The summed E-state index contributed by atoms with van der Waals surface area (Å²) in [6, 6.07) is 24.5. The van der Waals surface area contributed by atoms with Gasteiger partial charge < -0.3 is 16.2 Å². The van der Waals surface area contributed by atoms with Crippen LogP contribution in [0.3, 0.4) is 0 Å². The summed E-state index contributed by atoms with van der Waals surface area (Å²) >= 11 is 6.52. The van der Waals surface area contributed by atoms with Crippen LogP contribution in [0.2, 0.25) is 0 Å². The van der Waals surface area contributed by atoms with Crippen molar-refractivity contribution in [3.8, 4) is 0 Å². The normalized spacial score (nSPS) is 9.39. The summed E-state index contributed by atoms with van der Waals surface area (Å²) in [5.41, 5.74) is 6.16. The van der Waals surface area contributed by atoms with Crippen LogP contribution in [0.1, 0.15) is 20.7 Å². The number of aromatic carboxylic acids is 1. The second-order valence-corrected chi connectivity index (χ2v) is 8.07. The minimum atomic E-state index is -0.896. The van der Waals surface area contributed by atoms with Gasteiger partial charge in [0.2, 0.25) is 0 Å². The maximum Gasteiger partial charge on any atom is 0.335 e. The topological polar surface area (TPSA) is 118 Å². The smallest absolute Gasteiger partial charge is 0.335 e. The predicted octanol–water partition coefficient (Wildman–Crippen LogP) is 5.91. The summed E-state index contributed by atoms with van der Waals surface area (Å²) in [6.45, 7) is 0. The lowest BCUT2D eigenvalue weighted by molar-refractivity contribution is 0.0696. The summed E-state index contributed by atoms with van der Waals surface area (Å²) in [5.74, 6) is 0.0663. The number of carbonyl (C=O) groups excluding carboxylic acids is 1. The molecule has 0 aliphatic heterocycles. The van der Waals surface area contributed by atoms with Crippen LogP contribution in [0, 0.1) is 0 Å². The average molecular weight is 572 g/mol. The van der Waals surface area contributed by atoms with Crippen LogP contribution >= 0.6 is 31.9 Å². The fourth-order valence-electron chi connectivity index (χ4n) is 2.19. The summed E-state index contributed by atoms with van der Waals surface area (Å²) < 4.78 is 1.83. The molecule has 0 spiro atoms. The van der Waals surface area contributed by atoms with Crippen LogP contribution in [0.15, 0.2) is 106 Å². The highest BCUT2D eigenvalue weighted by Crippen LogP contribution is 2.12. The molecule has 33 heavy (non-hydrogen) atoms. The van der Waals surface area contributed by atoms with Gasteiger partial charge in [-0.2, -0.15) is 0 Å². The Kier molecular flexibility index (Phi) is 10.7. The van der Waals surface area contributed by atoms with Gasteiger partial charge in [-0.3, -0.25) is 4.79 Å². The van der Waals surface area contributed by atoms with Crippen molar-refractivity contribution in [2.45, 2.75) is 0 Å². The lowest BCUT2D eigenvalue weighted by Crippen LogP contribution is -2.12. The van der Waals surface area contributed by atoms with Gasteiger partial charge in [0.05, 0.1) is 5.56 Å². The van der Waals surface area contributed by atoms with E-state index in [2.05, 4.69) is 47.1 Å². The van der Waals surface area contributed by atoms with Crippen molar-refractivity contribution in [3.63, 3.8) is 0 Å². The minimum Gasteiger partial charge on any atom is -0.478 e. The quantitative estimate of drug-likeness (QED) is 0.281. The molecule has 0 atom stereocenters. The molecule has 2 heterocycles. The second-order valence-electron chi connectivity index (χ2n) is 6.24. The summed E-state index contributed by atoms with van der Waals surface area (Å²) in [4.78, 5) is 29.8. The van der Waals surface area contributed by atoms with Gasteiger partial charge in [0.15, 0.2) is 0 Å². The van der Waals surface area contributed by atoms with Crippen molar-refractivity contribution >= 4 is 55.4 Å². The van der Waals surface area contributed by atoms with Crippen molar-refractivity contribution in [2.24, 2.45) is 0 Å². The van der Waals surface area contributed by atoms with E-state index in [-0.39, 0.29) is 5.91 Å². The van der Waals surface area contributed by atoms with Gasteiger partial charge in [-0.25, -0.2) is 14.8 Å². The van der Waals surface area contributed by atoms with E-state index in [1.54, 1.807) is 67.0 Å². The van der Waals surface area contributed by atoms with Crippen molar-refractivity contribution in [3.05, 3.63) is 117 Å². The molecule has 2 aromatic carbocycles. The lowest BCUT2D eigenvalue weighted by atomic mass is 10.2. The van der Waals surface area contributed by atoms with Crippen LogP contribution in [-0.2, 0) is 0 Å². The van der Waals surface area contributed by atoms with Crippen LogP contribution in [0.4, 0.5) is 11.6 Å². The highest BCUT2D eigenvalue weighted by atomic mass is 79.9. The minimum absolute atomic E-state index is 0.161. The first-order chi connectivity index (χ1) is 15.8. The zero-order valence-corrected chi connectivity index (χ0v) is 20.4. The molecule has 0 bridgehead atoms. The molecule has 0 radical (unpaired) electrons. The zero-order chi connectivity index (χ0) is 24.1. The number of nitrogens with two attached hydrogens (primary N) is 1. The highest BCUT2D eigenvalue weighted by Gasteiger charge is 2.05. The van der Waals surface area contributed by atoms with Crippen molar-refractivity contribution in [1.82, 2.24) is 9.97 Å². The number of halogens is 2. The molecule has 0 fully saturated rings. The summed E-state index contributed by atoms with van der Waals surface area (Å²) in [7, 11) is 0. The predicted molar refractivity (Wildman–Crippen MR) is 136 cm³/mol. The van der Waals surface area contributed by atoms with E-state index in [0.717, 1.165) is 8.95 Å². The van der Waals surface area contributed by atoms with E-state index >= 15 is 0 Å². The van der Waals surface area contributed by atoms with Gasteiger partial charge >= 0.3 is 5.97 Å². The largest absolute Gasteiger partial charge is 0.478 e. The number of hydrogen-bond acceptors (Lipinski definition) is 5. The third-order valence-electron chi connectivity index (χ3n) is 3.79. The van der Waals surface area contributed by atoms with Gasteiger partial charge in [0.1, 0.15) is 11.6 Å².